The van der Waals surface area contributed by atoms with Gasteiger partial charge in [-0.2, -0.15) is 0 Å². The van der Waals surface area contributed by atoms with Gasteiger partial charge in [-0.15, -0.1) is 0 Å². The van der Waals surface area contributed by atoms with Crippen LogP contribution >= 0.6 is 0 Å². The number of piperazine rings is 1. The Labute approximate surface area is 197 Å². The lowest BCUT2D eigenvalue weighted by molar-refractivity contribution is -0.126. The van der Waals surface area contributed by atoms with Gasteiger partial charge < -0.3 is 19.9 Å². The maximum absolute atomic E-state index is 14.1. The Morgan fingerprint density at radius 1 is 1.06 bits per heavy atom. The molecule has 1 fully saturated rings. The van der Waals surface area contributed by atoms with E-state index in [1.807, 2.05) is 18.2 Å². The van der Waals surface area contributed by atoms with Gasteiger partial charge in [-0.05, 0) is 48.4 Å². The Kier molecular flexibility index (Phi) is 6.09. The topological polar surface area (TPSA) is 44.8 Å². The highest BCUT2D eigenvalue weighted by molar-refractivity contribution is 5.82. The first kappa shape index (κ1) is 22.2. The molecule has 2 aliphatic rings. The molecule has 3 aromatic rings. The first-order valence-electron chi connectivity index (χ1n) is 11.5. The second kappa shape index (κ2) is 9.33. The number of anilines is 2. The number of hydrogen-bond donors (Lipinski definition) is 1. The molecule has 0 bridgehead atoms. The predicted molar refractivity (Wildman–Crippen MR) is 128 cm³/mol. The summed E-state index contributed by atoms with van der Waals surface area (Å²) in [4.78, 5) is 17.9. The van der Waals surface area contributed by atoms with Gasteiger partial charge in [-0.1, -0.05) is 24.3 Å². The lowest BCUT2D eigenvalue weighted by Crippen LogP contribution is -2.61. The van der Waals surface area contributed by atoms with Crippen LogP contribution in [0.25, 0.3) is 0 Å². The molecule has 0 unspecified atom stereocenters. The molecule has 3 aromatic carbocycles. The minimum Gasteiger partial charge on any atom is -0.497 e. The number of rotatable bonds is 5. The zero-order valence-electron chi connectivity index (χ0n) is 19.0. The largest absolute Gasteiger partial charge is 0.497 e. The fourth-order valence-electron chi connectivity index (χ4n) is 5.05. The molecule has 2 aliphatic heterocycles. The van der Waals surface area contributed by atoms with Gasteiger partial charge in [0, 0.05) is 49.2 Å². The van der Waals surface area contributed by atoms with Crippen LogP contribution in [0.1, 0.15) is 11.1 Å². The number of fused-ring (bicyclic) bond motifs is 3. The van der Waals surface area contributed by atoms with Crippen LogP contribution in [0.3, 0.4) is 0 Å². The number of halogens is 2. The molecular weight excluding hydrogens is 436 g/mol. The molecule has 1 saturated heterocycles. The van der Waals surface area contributed by atoms with Crippen LogP contribution in [-0.4, -0.2) is 38.7 Å². The van der Waals surface area contributed by atoms with E-state index in [-0.39, 0.29) is 36.0 Å². The molecule has 0 saturated carbocycles. The molecular formula is C27H27F2N3O2. The third-order valence-corrected chi connectivity index (χ3v) is 6.86. The lowest BCUT2D eigenvalue weighted by atomic mass is 9.83. The highest BCUT2D eigenvalue weighted by atomic mass is 19.1. The molecule has 34 heavy (non-hydrogen) atoms. The molecule has 0 aromatic heterocycles. The summed E-state index contributed by atoms with van der Waals surface area (Å²) < 4.78 is 33.0. The summed E-state index contributed by atoms with van der Waals surface area (Å²) in [6.45, 7) is 2.24. The molecule has 1 N–H and O–H groups in total. The summed E-state index contributed by atoms with van der Waals surface area (Å²) in [5.41, 5.74) is 3.58. The third-order valence-electron chi connectivity index (χ3n) is 6.86. The summed E-state index contributed by atoms with van der Waals surface area (Å²) in [6, 6.07) is 18.8. The summed E-state index contributed by atoms with van der Waals surface area (Å²) in [5.74, 6) is -0.227. The fourth-order valence-corrected chi connectivity index (χ4v) is 5.05. The number of carbonyl (C=O) groups is 1. The van der Waals surface area contributed by atoms with Crippen molar-refractivity contribution in [3.63, 3.8) is 0 Å². The standard InChI is InChI=1S/C27H27F2N3O2/c1-34-22-11-6-18-14-23(27(33)30-16-19-4-2-3-5-24(19)29)26-17-31(12-13-32(26)25(18)15-22)21-9-7-20(28)8-10-21/h2-11,15,23,26H,12-14,16-17H2,1H3,(H,30,33)/t23-,26+/m1/s1. The maximum Gasteiger partial charge on any atom is 0.225 e. The van der Waals surface area contributed by atoms with Gasteiger partial charge in [0.1, 0.15) is 17.4 Å². The SMILES string of the molecule is COc1ccc2c(c1)N1CCN(c3ccc(F)cc3)C[C@H]1[C@H](C(=O)NCc1ccccc1F)C2. The monoisotopic (exact) mass is 463 g/mol. The van der Waals surface area contributed by atoms with Crippen molar-refractivity contribution < 1.29 is 18.3 Å². The number of carbonyl (C=O) groups excluding carboxylic acids is 1. The Bertz CT molecular complexity index is 1180. The maximum atomic E-state index is 14.1. The third kappa shape index (κ3) is 4.30. The normalized spacial score (nSPS) is 19.3. The van der Waals surface area contributed by atoms with E-state index < -0.39 is 0 Å². The molecule has 0 radical (unpaired) electrons. The van der Waals surface area contributed by atoms with Gasteiger partial charge in [-0.3, -0.25) is 4.79 Å². The molecule has 176 valence electrons. The van der Waals surface area contributed by atoms with E-state index in [2.05, 4.69) is 15.1 Å². The van der Waals surface area contributed by atoms with Gasteiger partial charge >= 0.3 is 0 Å². The van der Waals surface area contributed by atoms with Gasteiger partial charge in [0.2, 0.25) is 5.91 Å². The fraction of sp³-hybridized carbons (Fsp3) is 0.296. The molecule has 1 amide bonds. The summed E-state index contributed by atoms with van der Waals surface area (Å²) in [6.07, 6.45) is 0.584. The second-order valence-electron chi connectivity index (χ2n) is 8.80. The van der Waals surface area contributed by atoms with Crippen molar-refractivity contribution in [3.8, 4) is 5.75 Å². The Balaban J connectivity index is 1.42. The summed E-state index contributed by atoms with van der Waals surface area (Å²) >= 11 is 0. The van der Waals surface area contributed by atoms with Crippen LogP contribution in [0.5, 0.6) is 5.75 Å². The van der Waals surface area contributed by atoms with E-state index in [4.69, 9.17) is 4.74 Å². The average molecular weight is 464 g/mol. The van der Waals surface area contributed by atoms with E-state index in [9.17, 15) is 13.6 Å². The number of benzene rings is 3. The number of ether oxygens (including phenoxy) is 1. The highest BCUT2D eigenvalue weighted by Gasteiger charge is 2.41. The average Bonchev–Trinajstić information content (AvgIpc) is 2.87. The second-order valence-corrected chi connectivity index (χ2v) is 8.80. The molecule has 5 nitrogen and oxygen atoms in total. The van der Waals surface area contributed by atoms with Crippen molar-refractivity contribution in [3.05, 3.63) is 89.5 Å². The van der Waals surface area contributed by atoms with Gasteiger partial charge in [0.05, 0.1) is 19.1 Å². The first-order chi connectivity index (χ1) is 16.5. The van der Waals surface area contributed by atoms with Crippen molar-refractivity contribution in [2.24, 2.45) is 5.92 Å². The lowest BCUT2D eigenvalue weighted by Gasteiger charge is -2.49. The first-order valence-corrected chi connectivity index (χ1v) is 11.5. The molecule has 5 rings (SSSR count). The van der Waals surface area contributed by atoms with Crippen LogP contribution in [0.2, 0.25) is 0 Å². The highest BCUT2D eigenvalue weighted by Crippen LogP contribution is 2.39. The summed E-state index contributed by atoms with van der Waals surface area (Å²) in [5, 5.41) is 2.96. The van der Waals surface area contributed by atoms with Crippen molar-refractivity contribution in [1.29, 1.82) is 0 Å². The number of hydrogen-bond acceptors (Lipinski definition) is 4. The van der Waals surface area contributed by atoms with E-state index in [0.29, 0.717) is 18.5 Å². The molecule has 0 spiro atoms. The predicted octanol–water partition coefficient (Wildman–Crippen LogP) is 4.16. The van der Waals surface area contributed by atoms with Crippen molar-refractivity contribution >= 4 is 17.3 Å². The van der Waals surface area contributed by atoms with Gasteiger partial charge in [0.15, 0.2) is 0 Å². The molecule has 7 heteroatoms. The molecule has 2 atom stereocenters. The van der Waals surface area contributed by atoms with Gasteiger partial charge in [0.25, 0.3) is 0 Å². The van der Waals surface area contributed by atoms with Crippen LogP contribution in [0.4, 0.5) is 20.2 Å². The summed E-state index contributed by atoms with van der Waals surface area (Å²) in [7, 11) is 1.65. The van der Waals surface area contributed by atoms with Crippen LogP contribution in [0, 0.1) is 17.6 Å². The Hall–Kier alpha value is -3.61. The van der Waals surface area contributed by atoms with Crippen molar-refractivity contribution in [2.45, 2.75) is 19.0 Å². The van der Waals surface area contributed by atoms with Crippen LogP contribution in [0.15, 0.2) is 66.7 Å². The van der Waals surface area contributed by atoms with Crippen LogP contribution in [-0.2, 0) is 17.8 Å². The van der Waals surface area contributed by atoms with E-state index in [1.54, 1.807) is 37.4 Å². The van der Waals surface area contributed by atoms with Gasteiger partial charge in [-0.25, -0.2) is 8.78 Å². The number of methoxy groups -OCH3 is 1. The quantitative estimate of drug-likeness (QED) is 0.617. The molecule has 2 heterocycles. The zero-order chi connectivity index (χ0) is 23.7. The van der Waals surface area contributed by atoms with E-state index in [0.717, 1.165) is 35.8 Å². The van der Waals surface area contributed by atoms with E-state index >= 15 is 0 Å². The number of nitrogens with zero attached hydrogens (tertiary/aromatic N) is 2. The number of nitrogens with one attached hydrogen (secondary N) is 1. The minimum absolute atomic E-state index is 0.0842. The molecule has 0 aliphatic carbocycles. The van der Waals surface area contributed by atoms with Crippen molar-refractivity contribution in [2.75, 3.05) is 36.5 Å². The Morgan fingerprint density at radius 2 is 1.85 bits per heavy atom. The minimum atomic E-state index is -0.328. The number of amides is 1. The van der Waals surface area contributed by atoms with Crippen molar-refractivity contribution in [1.82, 2.24) is 5.32 Å². The zero-order valence-corrected chi connectivity index (χ0v) is 19.0. The smallest absolute Gasteiger partial charge is 0.225 e. The Morgan fingerprint density at radius 3 is 2.62 bits per heavy atom. The van der Waals surface area contributed by atoms with E-state index in [1.165, 1.54) is 18.2 Å². The van der Waals surface area contributed by atoms with Crippen LogP contribution < -0.4 is 19.9 Å².